The van der Waals surface area contributed by atoms with Gasteiger partial charge in [0.05, 0.1) is 0 Å². The minimum absolute atomic E-state index is 0.0364. The van der Waals surface area contributed by atoms with E-state index in [2.05, 4.69) is 9.47 Å². The first-order valence-corrected chi connectivity index (χ1v) is 4.46. The van der Waals surface area contributed by atoms with Crippen molar-refractivity contribution in [2.24, 2.45) is 0 Å². The molecule has 0 fully saturated rings. The van der Waals surface area contributed by atoms with Gasteiger partial charge < -0.3 is 9.47 Å². The van der Waals surface area contributed by atoms with Crippen LogP contribution in [0.5, 0.6) is 0 Å². The van der Waals surface area contributed by atoms with Crippen LogP contribution in [-0.4, -0.2) is 23.9 Å². The van der Waals surface area contributed by atoms with Gasteiger partial charge in [-0.25, -0.2) is 0 Å². The highest BCUT2D eigenvalue weighted by atomic mass is 16.6. The lowest BCUT2D eigenvalue weighted by atomic mass is 10.4. The van der Waals surface area contributed by atoms with Crippen molar-refractivity contribution in [3.63, 3.8) is 0 Å². The van der Waals surface area contributed by atoms with Gasteiger partial charge in [0.15, 0.2) is 0 Å². The summed E-state index contributed by atoms with van der Waals surface area (Å²) in [6.07, 6.45) is -0.666. The Hall–Kier alpha value is -1.72. The van der Waals surface area contributed by atoms with Gasteiger partial charge in [-0.1, -0.05) is 13.8 Å². The van der Waals surface area contributed by atoms with Crippen LogP contribution in [-0.2, 0) is 28.7 Å². The molecule has 0 rings (SSSR count). The van der Waals surface area contributed by atoms with Gasteiger partial charge >= 0.3 is 23.9 Å². The molecule has 0 unspecified atom stereocenters. The maximum absolute atomic E-state index is 10.8. The molecule has 0 heterocycles. The molecule has 0 aromatic rings. The second-order valence-electron chi connectivity index (χ2n) is 2.58. The van der Waals surface area contributed by atoms with Crippen molar-refractivity contribution in [1.29, 1.82) is 0 Å². The van der Waals surface area contributed by atoms with Crippen molar-refractivity contribution in [3.05, 3.63) is 0 Å². The summed E-state index contributed by atoms with van der Waals surface area (Å²) in [6, 6.07) is 0. The van der Waals surface area contributed by atoms with E-state index in [9.17, 15) is 19.2 Å². The normalized spacial score (nSPS) is 9.20. The van der Waals surface area contributed by atoms with Crippen molar-refractivity contribution in [2.45, 2.75) is 33.1 Å². The lowest BCUT2D eigenvalue weighted by Gasteiger charge is -2.01. The van der Waals surface area contributed by atoms with Crippen molar-refractivity contribution in [1.82, 2.24) is 0 Å². The highest BCUT2D eigenvalue weighted by Crippen LogP contribution is 1.95. The van der Waals surface area contributed by atoms with Crippen LogP contribution in [0.4, 0.5) is 0 Å². The molecule has 0 saturated heterocycles. The van der Waals surface area contributed by atoms with Crippen molar-refractivity contribution >= 4 is 23.9 Å². The van der Waals surface area contributed by atoms with Gasteiger partial charge in [-0.05, 0) is 0 Å². The van der Waals surface area contributed by atoms with Crippen LogP contribution in [0.3, 0.4) is 0 Å². The number of hydrogen-bond donors (Lipinski definition) is 0. The highest BCUT2D eigenvalue weighted by molar-refractivity contribution is 5.99. The monoisotopic (exact) mass is 216 g/mol. The average molecular weight is 216 g/mol. The van der Waals surface area contributed by atoms with Crippen LogP contribution in [0.1, 0.15) is 33.1 Å². The second kappa shape index (κ2) is 6.69. The Balaban J connectivity index is 3.92. The SMILES string of the molecule is CCC(=O)OC(=O)CC(=O)OC(=O)CC. The Morgan fingerprint density at radius 3 is 1.33 bits per heavy atom. The van der Waals surface area contributed by atoms with E-state index in [4.69, 9.17) is 0 Å². The molecule has 0 N–H and O–H groups in total. The largest absolute Gasteiger partial charge is 0.393 e. The maximum Gasteiger partial charge on any atom is 0.324 e. The van der Waals surface area contributed by atoms with E-state index < -0.39 is 30.3 Å². The van der Waals surface area contributed by atoms with Crippen LogP contribution in [0, 0.1) is 0 Å². The van der Waals surface area contributed by atoms with Crippen molar-refractivity contribution in [3.8, 4) is 0 Å². The van der Waals surface area contributed by atoms with Gasteiger partial charge in [0.1, 0.15) is 6.42 Å². The fourth-order valence-electron chi connectivity index (χ4n) is 0.588. The van der Waals surface area contributed by atoms with E-state index in [-0.39, 0.29) is 12.8 Å². The molecule has 6 nitrogen and oxygen atoms in total. The topological polar surface area (TPSA) is 86.7 Å². The first-order valence-electron chi connectivity index (χ1n) is 4.46. The summed E-state index contributed by atoms with van der Waals surface area (Å²) in [5, 5.41) is 0. The first kappa shape index (κ1) is 13.3. The molecule has 0 radical (unpaired) electrons. The van der Waals surface area contributed by atoms with E-state index in [1.165, 1.54) is 13.8 Å². The van der Waals surface area contributed by atoms with Gasteiger partial charge in [0, 0.05) is 12.8 Å². The number of carbonyl (C=O) groups is 4. The predicted molar refractivity (Wildman–Crippen MR) is 47.4 cm³/mol. The number of esters is 4. The lowest BCUT2D eigenvalue weighted by molar-refractivity contribution is -0.165. The molecule has 15 heavy (non-hydrogen) atoms. The smallest absolute Gasteiger partial charge is 0.324 e. The van der Waals surface area contributed by atoms with E-state index in [0.717, 1.165) is 0 Å². The molecule has 0 aromatic carbocycles. The van der Waals surface area contributed by atoms with E-state index in [1.807, 2.05) is 0 Å². The Bertz CT molecular complexity index is 252. The van der Waals surface area contributed by atoms with Gasteiger partial charge in [0.25, 0.3) is 0 Å². The zero-order chi connectivity index (χ0) is 11.8. The van der Waals surface area contributed by atoms with Crippen LogP contribution < -0.4 is 0 Å². The van der Waals surface area contributed by atoms with Gasteiger partial charge in [0.2, 0.25) is 0 Å². The highest BCUT2D eigenvalue weighted by Gasteiger charge is 2.16. The third-order valence-corrected chi connectivity index (χ3v) is 1.32. The van der Waals surface area contributed by atoms with Gasteiger partial charge in [-0.15, -0.1) is 0 Å². The minimum atomic E-state index is -1.02. The Kier molecular flexibility index (Phi) is 5.92. The van der Waals surface area contributed by atoms with Crippen LogP contribution in [0.15, 0.2) is 0 Å². The third-order valence-electron chi connectivity index (χ3n) is 1.32. The third kappa shape index (κ3) is 6.36. The number of rotatable bonds is 4. The maximum atomic E-state index is 10.8. The van der Waals surface area contributed by atoms with E-state index in [0.29, 0.717) is 0 Å². The molecule has 0 atom stereocenters. The zero-order valence-corrected chi connectivity index (χ0v) is 8.57. The Labute approximate surface area is 86.5 Å². The fourth-order valence-corrected chi connectivity index (χ4v) is 0.588. The summed E-state index contributed by atoms with van der Waals surface area (Å²) in [5.74, 6) is -3.49. The molecule has 0 saturated carbocycles. The standard InChI is InChI=1S/C9H12O6/c1-3-6(10)14-8(12)5-9(13)15-7(11)4-2/h3-5H2,1-2H3. The summed E-state index contributed by atoms with van der Waals surface area (Å²) in [7, 11) is 0. The molecule has 84 valence electrons. The predicted octanol–water partition coefficient (Wildman–Crippen LogP) is 0.336. The average Bonchev–Trinajstić information content (AvgIpc) is 2.16. The van der Waals surface area contributed by atoms with E-state index >= 15 is 0 Å². The van der Waals surface area contributed by atoms with Crippen molar-refractivity contribution in [2.75, 3.05) is 0 Å². The van der Waals surface area contributed by atoms with Gasteiger partial charge in [-0.3, -0.25) is 19.2 Å². The number of hydrogen-bond acceptors (Lipinski definition) is 6. The Morgan fingerprint density at radius 1 is 0.733 bits per heavy atom. The second-order valence-corrected chi connectivity index (χ2v) is 2.58. The molecule has 0 spiro atoms. The molecule has 0 bridgehead atoms. The van der Waals surface area contributed by atoms with Crippen LogP contribution >= 0.6 is 0 Å². The van der Waals surface area contributed by atoms with E-state index in [1.54, 1.807) is 0 Å². The van der Waals surface area contributed by atoms with Crippen molar-refractivity contribution < 1.29 is 28.7 Å². The summed E-state index contributed by atoms with van der Waals surface area (Å²) >= 11 is 0. The number of ether oxygens (including phenoxy) is 2. The quantitative estimate of drug-likeness (QED) is 0.497. The summed E-state index contributed by atoms with van der Waals surface area (Å²) < 4.78 is 8.39. The molecule has 6 heteroatoms. The lowest BCUT2D eigenvalue weighted by Crippen LogP contribution is -2.19. The molecule has 0 aromatic heterocycles. The molecular weight excluding hydrogens is 204 g/mol. The number of carbonyl (C=O) groups excluding carboxylic acids is 4. The molecule has 0 aliphatic rings. The molecule has 0 aliphatic carbocycles. The van der Waals surface area contributed by atoms with Gasteiger partial charge in [-0.2, -0.15) is 0 Å². The zero-order valence-electron chi connectivity index (χ0n) is 8.57. The van der Waals surface area contributed by atoms with Crippen LogP contribution in [0.2, 0.25) is 0 Å². The summed E-state index contributed by atoms with van der Waals surface area (Å²) in [4.78, 5) is 42.9. The Morgan fingerprint density at radius 2 is 1.07 bits per heavy atom. The first-order chi connectivity index (χ1) is 6.99. The molecule has 0 amide bonds. The summed E-state index contributed by atoms with van der Waals surface area (Å²) in [5.41, 5.74) is 0. The molecule has 0 aliphatic heterocycles. The summed E-state index contributed by atoms with van der Waals surface area (Å²) in [6.45, 7) is 3.02. The fraction of sp³-hybridized carbons (Fsp3) is 0.556. The van der Waals surface area contributed by atoms with Crippen LogP contribution in [0.25, 0.3) is 0 Å². The minimum Gasteiger partial charge on any atom is -0.393 e. The molecular formula is C9H12O6.